The quantitative estimate of drug-likeness (QED) is 0.615. The first kappa shape index (κ1) is 19.9. The monoisotopic (exact) mass is 417 g/mol. The second kappa shape index (κ2) is 7.12. The van der Waals surface area contributed by atoms with Gasteiger partial charge in [-0.2, -0.15) is 18.3 Å². The molecule has 156 valence electrons. The number of fused-ring (bicyclic) bond motifs is 1. The number of carbonyl (C=O) groups is 1. The number of amides is 1. The molecule has 1 aliphatic rings. The van der Waals surface area contributed by atoms with Crippen LogP contribution in [0.15, 0.2) is 48.0 Å². The van der Waals surface area contributed by atoms with Gasteiger partial charge in [-0.25, -0.2) is 4.98 Å². The summed E-state index contributed by atoms with van der Waals surface area (Å²) in [4.78, 5) is 30.7. The van der Waals surface area contributed by atoms with Crippen LogP contribution in [0.2, 0.25) is 0 Å². The predicted molar refractivity (Wildman–Crippen MR) is 104 cm³/mol. The van der Waals surface area contributed by atoms with Crippen molar-refractivity contribution in [2.24, 2.45) is 7.05 Å². The lowest BCUT2D eigenvalue weighted by molar-refractivity contribution is -0.137. The smallest absolute Gasteiger partial charge is 0.337 e. The molecule has 7 nitrogen and oxygen atoms in total. The summed E-state index contributed by atoms with van der Waals surface area (Å²) in [5, 5.41) is 4.55. The number of nitrogens with zero attached hydrogens (tertiary/aromatic N) is 5. The van der Waals surface area contributed by atoms with Crippen molar-refractivity contribution >= 4 is 16.9 Å². The Morgan fingerprint density at radius 1 is 1.27 bits per heavy atom. The van der Waals surface area contributed by atoms with Crippen LogP contribution in [-0.4, -0.2) is 43.2 Å². The van der Waals surface area contributed by atoms with Gasteiger partial charge in [0.1, 0.15) is 11.2 Å². The molecule has 3 aromatic rings. The lowest BCUT2D eigenvalue weighted by Gasteiger charge is -2.15. The van der Waals surface area contributed by atoms with Gasteiger partial charge in [-0.05, 0) is 24.6 Å². The highest BCUT2D eigenvalue weighted by Gasteiger charge is 2.32. The molecule has 10 heteroatoms. The highest BCUT2D eigenvalue weighted by atomic mass is 19.4. The minimum Gasteiger partial charge on any atom is -0.337 e. The van der Waals surface area contributed by atoms with Crippen LogP contribution < -0.4 is 5.56 Å². The Morgan fingerprint density at radius 2 is 1.97 bits per heavy atom. The SMILES string of the molecule is C=CC(=O)N1CCC(n2nc(-c3ccc(C(F)(F)F)cc3)c3ncn(C)c(=O)c32)C1. The molecule has 0 radical (unpaired) electrons. The Kier molecular flexibility index (Phi) is 4.71. The van der Waals surface area contributed by atoms with Gasteiger partial charge in [-0.3, -0.25) is 14.3 Å². The summed E-state index contributed by atoms with van der Waals surface area (Å²) in [5.74, 6) is -0.206. The van der Waals surface area contributed by atoms with Crippen LogP contribution in [0.1, 0.15) is 18.0 Å². The molecule has 2 aromatic heterocycles. The number of halogens is 3. The second-order valence-corrected chi connectivity index (χ2v) is 7.16. The Hall–Kier alpha value is -3.43. The molecule has 1 atom stereocenters. The molecule has 0 spiro atoms. The van der Waals surface area contributed by atoms with E-state index in [-0.39, 0.29) is 23.0 Å². The fourth-order valence-electron chi connectivity index (χ4n) is 3.66. The van der Waals surface area contributed by atoms with Gasteiger partial charge >= 0.3 is 6.18 Å². The molecule has 0 bridgehead atoms. The first-order chi connectivity index (χ1) is 14.2. The fourth-order valence-corrected chi connectivity index (χ4v) is 3.66. The maximum absolute atomic E-state index is 12.9. The van der Waals surface area contributed by atoms with Crippen molar-refractivity contribution in [1.82, 2.24) is 24.2 Å². The number of aryl methyl sites for hydroxylation is 1. The third-order valence-electron chi connectivity index (χ3n) is 5.25. The summed E-state index contributed by atoms with van der Waals surface area (Å²) in [6, 6.07) is 4.33. The predicted octanol–water partition coefficient (Wildman–Crippen LogP) is 2.78. The molecule has 30 heavy (non-hydrogen) atoms. The molecule has 1 amide bonds. The first-order valence-corrected chi connectivity index (χ1v) is 9.23. The van der Waals surface area contributed by atoms with Gasteiger partial charge in [0.15, 0.2) is 5.52 Å². The molecule has 3 heterocycles. The van der Waals surface area contributed by atoms with Crippen molar-refractivity contribution < 1.29 is 18.0 Å². The number of benzene rings is 1. The molecule has 0 aliphatic carbocycles. The first-order valence-electron chi connectivity index (χ1n) is 9.23. The maximum Gasteiger partial charge on any atom is 0.416 e. The summed E-state index contributed by atoms with van der Waals surface area (Å²) >= 11 is 0. The molecule has 1 aromatic carbocycles. The molecule has 0 saturated carbocycles. The highest BCUT2D eigenvalue weighted by Crippen LogP contribution is 2.33. The van der Waals surface area contributed by atoms with E-state index < -0.39 is 11.7 Å². The van der Waals surface area contributed by atoms with Crippen molar-refractivity contribution in [2.75, 3.05) is 13.1 Å². The molecule has 1 saturated heterocycles. The van der Waals surface area contributed by atoms with Crippen molar-refractivity contribution in [3.8, 4) is 11.3 Å². The van der Waals surface area contributed by atoms with E-state index in [1.807, 2.05) is 0 Å². The van der Waals surface area contributed by atoms with E-state index in [1.54, 1.807) is 16.6 Å². The molecular weight excluding hydrogens is 399 g/mol. The normalized spacial score (nSPS) is 16.9. The second-order valence-electron chi connectivity index (χ2n) is 7.16. The average Bonchev–Trinajstić information content (AvgIpc) is 3.35. The van der Waals surface area contributed by atoms with Gasteiger partial charge in [0.05, 0.1) is 17.9 Å². The van der Waals surface area contributed by atoms with Crippen LogP contribution in [0.3, 0.4) is 0 Å². The number of carbonyl (C=O) groups excluding carboxylic acids is 1. The van der Waals surface area contributed by atoms with E-state index in [0.717, 1.165) is 12.1 Å². The van der Waals surface area contributed by atoms with Crippen molar-refractivity contribution in [3.63, 3.8) is 0 Å². The van der Waals surface area contributed by atoms with Crippen LogP contribution in [-0.2, 0) is 18.0 Å². The zero-order chi connectivity index (χ0) is 21.6. The third kappa shape index (κ3) is 3.27. The summed E-state index contributed by atoms with van der Waals surface area (Å²) in [7, 11) is 1.56. The third-order valence-corrected chi connectivity index (χ3v) is 5.25. The van der Waals surface area contributed by atoms with Gasteiger partial charge in [0.25, 0.3) is 5.56 Å². The molecule has 0 N–H and O–H groups in total. The van der Waals surface area contributed by atoms with Crippen LogP contribution >= 0.6 is 0 Å². The standard InChI is InChI=1S/C20H18F3N5O2/c1-3-15(29)27-9-8-14(10-27)28-18-17(24-11-26(2)19(18)30)16(25-28)12-4-6-13(7-5-12)20(21,22)23/h3-7,11,14H,1,8-10H2,2H3. The lowest BCUT2D eigenvalue weighted by atomic mass is 10.1. The molecule has 1 unspecified atom stereocenters. The van der Waals surface area contributed by atoms with E-state index >= 15 is 0 Å². The van der Waals surface area contributed by atoms with Crippen molar-refractivity contribution in [3.05, 3.63) is 59.2 Å². The van der Waals surface area contributed by atoms with Gasteiger partial charge in [-0.15, -0.1) is 0 Å². The lowest BCUT2D eigenvalue weighted by Crippen LogP contribution is -2.28. The Bertz CT molecular complexity index is 1190. The number of likely N-dealkylation sites (tertiary alicyclic amines) is 1. The molecule has 4 rings (SSSR count). The van der Waals surface area contributed by atoms with Crippen LogP contribution in [0.4, 0.5) is 13.2 Å². The van der Waals surface area contributed by atoms with Gasteiger partial charge in [0.2, 0.25) is 5.91 Å². The number of hydrogen-bond donors (Lipinski definition) is 0. The summed E-state index contributed by atoms with van der Waals surface area (Å²) in [5.41, 5.74) is 0.223. The van der Waals surface area contributed by atoms with Crippen molar-refractivity contribution in [2.45, 2.75) is 18.6 Å². The van der Waals surface area contributed by atoms with E-state index in [9.17, 15) is 22.8 Å². The molecular formula is C20H18F3N5O2. The average molecular weight is 417 g/mol. The van der Waals surface area contributed by atoms with E-state index in [0.29, 0.717) is 36.3 Å². The number of hydrogen-bond acceptors (Lipinski definition) is 4. The van der Waals surface area contributed by atoms with Crippen LogP contribution in [0.25, 0.3) is 22.3 Å². The Balaban J connectivity index is 1.83. The van der Waals surface area contributed by atoms with Crippen LogP contribution in [0.5, 0.6) is 0 Å². The summed E-state index contributed by atoms with van der Waals surface area (Å²) in [6.45, 7) is 4.34. The number of aromatic nitrogens is 4. The van der Waals surface area contributed by atoms with E-state index in [2.05, 4.69) is 16.7 Å². The van der Waals surface area contributed by atoms with Crippen LogP contribution in [0, 0.1) is 0 Å². The summed E-state index contributed by atoms with van der Waals surface area (Å²) < 4.78 is 41.6. The minimum atomic E-state index is -4.45. The van der Waals surface area contributed by atoms with Gasteiger partial charge < -0.3 is 9.47 Å². The Labute approximate surface area is 169 Å². The molecule has 1 fully saturated rings. The van der Waals surface area contributed by atoms with E-state index in [1.165, 1.54) is 29.1 Å². The van der Waals surface area contributed by atoms with E-state index in [4.69, 9.17) is 0 Å². The van der Waals surface area contributed by atoms with Gasteiger partial charge in [0, 0.05) is 25.7 Å². The zero-order valence-corrected chi connectivity index (χ0v) is 16.1. The number of alkyl halides is 3. The summed E-state index contributed by atoms with van der Waals surface area (Å²) in [6.07, 6.45) is -1.27. The maximum atomic E-state index is 12.9. The molecule has 1 aliphatic heterocycles. The van der Waals surface area contributed by atoms with Gasteiger partial charge in [-0.1, -0.05) is 18.7 Å². The fraction of sp³-hybridized carbons (Fsp3) is 0.300. The number of rotatable bonds is 3. The highest BCUT2D eigenvalue weighted by molar-refractivity contribution is 5.90. The van der Waals surface area contributed by atoms with Crippen molar-refractivity contribution in [1.29, 1.82) is 0 Å². The zero-order valence-electron chi connectivity index (χ0n) is 16.1. The Morgan fingerprint density at radius 3 is 2.60 bits per heavy atom. The largest absolute Gasteiger partial charge is 0.416 e. The topological polar surface area (TPSA) is 73.0 Å². The minimum absolute atomic E-state index is 0.206.